The number of hydrogen-bond acceptors (Lipinski definition) is 7. The van der Waals surface area contributed by atoms with Crippen LogP contribution in [0.1, 0.15) is 232 Å². The molecule has 0 aliphatic rings. The van der Waals surface area contributed by atoms with Gasteiger partial charge in [0.2, 0.25) is 0 Å². The molecule has 344 valence electrons. The Kier molecular flexibility index (Phi) is 40.2. The maximum absolute atomic E-state index is 12.7. The van der Waals surface area contributed by atoms with Crippen molar-refractivity contribution < 1.29 is 42.1 Å². The van der Waals surface area contributed by atoms with Gasteiger partial charge in [-0.3, -0.25) is 18.6 Å². The molecule has 0 saturated heterocycles. The molecule has 2 atom stereocenters. The Morgan fingerprint density at radius 2 is 0.879 bits per heavy atom. The molecule has 0 heterocycles. The van der Waals surface area contributed by atoms with Gasteiger partial charge in [0.25, 0.3) is 0 Å². The van der Waals surface area contributed by atoms with E-state index in [-0.39, 0.29) is 32.0 Å². The number of quaternary nitrogens is 1. The van der Waals surface area contributed by atoms with Crippen molar-refractivity contribution in [3.8, 4) is 0 Å². The van der Waals surface area contributed by atoms with Gasteiger partial charge >= 0.3 is 19.8 Å². The molecule has 0 aromatic carbocycles. The summed E-state index contributed by atoms with van der Waals surface area (Å²) in [4.78, 5) is 35.4. The molecule has 10 heteroatoms. The molecule has 0 fully saturated rings. The van der Waals surface area contributed by atoms with Crippen LogP contribution in [-0.2, 0) is 32.7 Å². The predicted molar refractivity (Wildman–Crippen MR) is 243 cm³/mol. The molecule has 1 unspecified atom stereocenters. The topological polar surface area (TPSA) is 108 Å². The molecule has 1 N–H and O–H groups in total. The van der Waals surface area contributed by atoms with Crippen molar-refractivity contribution in [3.05, 3.63) is 12.2 Å². The number of likely N-dealkylation sites (N-methyl/N-ethyl adjacent to an activating group) is 1. The molecule has 58 heavy (non-hydrogen) atoms. The zero-order valence-corrected chi connectivity index (χ0v) is 39.7. The molecule has 0 rings (SSSR count). The third-order valence-corrected chi connectivity index (χ3v) is 11.8. The third kappa shape index (κ3) is 44.3. The van der Waals surface area contributed by atoms with Gasteiger partial charge in [-0.1, -0.05) is 193 Å². The molecule has 0 amide bonds. The average molecular weight is 845 g/mol. The first-order valence-electron chi connectivity index (χ1n) is 24.4. The molecular weight excluding hydrogens is 750 g/mol. The summed E-state index contributed by atoms with van der Waals surface area (Å²) in [5, 5.41) is 0. The van der Waals surface area contributed by atoms with Crippen LogP contribution in [-0.4, -0.2) is 74.9 Å². The van der Waals surface area contributed by atoms with Crippen molar-refractivity contribution in [2.75, 3.05) is 47.5 Å². The number of ether oxygens (including phenoxy) is 2. The van der Waals surface area contributed by atoms with Gasteiger partial charge in [-0.25, -0.2) is 4.57 Å². The minimum Gasteiger partial charge on any atom is -0.462 e. The highest BCUT2D eigenvalue weighted by Crippen LogP contribution is 2.43. The highest BCUT2D eigenvalue weighted by Gasteiger charge is 2.27. The molecule has 0 aliphatic carbocycles. The highest BCUT2D eigenvalue weighted by molar-refractivity contribution is 7.47. The number of allylic oxidation sites excluding steroid dienone is 2. The highest BCUT2D eigenvalue weighted by atomic mass is 31.2. The van der Waals surface area contributed by atoms with Crippen molar-refractivity contribution in [3.63, 3.8) is 0 Å². The van der Waals surface area contributed by atoms with Gasteiger partial charge in [-0.05, 0) is 38.5 Å². The molecule has 0 aliphatic heterocycles. The summed E-state index contributed by atoms with van der Waals surface area (Å²) in [7, 11) is 1.48. The van der Waals surface area contributed by atoms with E-state index in [1.54, 1.807) is 0 Å². The van der Waals surface area contributed by atoms with E-state index in [4.69, 9.17) is 18.5 Å². The zero-order valence-electron chi connectivity index (χ0n) is 38.8. The summed E-state index contributed by atoms with van der Waals surface area (Å²) < 4.78 is 34.4. The van der Waals surface area contributed by atoms with Crippen LogP contribution in [0.2, 0.25) is 0 Å². The number of esters is 2. The second-order valence-corrected chi connectivity index (χ2v) is 19.3. The Labute approximate surface area is 358 Å². The first-order chi connectivity index (χ1) is 28.0. The second-order valence-electron chi connectivity index (χ2n) is 17.9. The predicted octanol–water partition coefficient (Wildman–Crippen LogP) is 14.1. The van der Waals surface area contributed by atoms with Gasteiger partial charge in [0.05, 0.1) is 27.7 Å². The monoisotopic (exact) mass is 845 g/mol. The van der Waals surface area contributed by atoms with E-state index < -0.39 is 26.5 Å². The van der Waals surface area contributed by atoms with Gasteiger partial charge < -0.3 is 18.9 Å². The molecule has 0 aromatic heterocycles. The fourth-order valence-electron chi connectivity index (χ4n) is 6.95. The summed E-state index contributed by atoms with van der Waals surface area (Å²) in [6.45, 7) is 4.44. The lowest BCUT2D eigenvalue weighted by Gasteiger charge is -2.24. The van der Waals surface area contributed by atoms with E-state index in [0.717, 1.165) is 51.4 Å². The number of nitrogens with zero attached hydrogens (tertiary/aromatic N) is 1. The maximum Gasteiger partial charge on any atom is 0.472 e. The van der Waals surface area contributed by atoms with Gasteiger partial charge in [0.1, 0.15) is 19.8 Å². The van der Waals surface area contributed by atoms with Crippen molar-refractivity contribution in [2.24, 2.45) is 0 Å². The summed E-state index contributed by atoms with van der Waals surface area (Å²) in [5.74, 6) is -0.795. The molecule has 0 aromatic rings. The summed E-state index contributed by atoms with van der Waals surface area (Å²) in [6, 6.07) is 0. The third-order valence-electron chi connectivity index (χ3n) is 10.8. The number of phosphoric acid groups is 1. The van der Waals surface area contributed by atoms with Gasteiger partial charge in [0, 0.05) is 12.8 Å². The van der Waals surface area contributed by atoms with Crippen molar-refractivity contribution in [2.45, 2.75) is 238 Å². The van der Waals surface area contributed by atoms with E-state index >= 15 is 0 Å². The molecule has 0 radical (unpaired) electrons. The van der Waals surface area contributed by atoms with E-state index in [2.05, 4.69) is 26.0 Å². The Hall–Kier alpha value is -1.25. The SMILES string of the molecule is CCCCCCC/C=C/CCCCCCCC(=O)OC[C@H](COP(=O)(O)OCC[N+](C)(C)C)OC(=O)CCCCCCCCCCCCCCCCCCCCCC. The summed E-state index contributed by atoms with van der Waals surface area (Å²) in [6.07, 6.45) is 44.0. The summed E-state index contributed by atoms with van der Waals surface area (Å²) >= 11 is 0. The van der Waals surface area contributed by atoms with Gasteiger partial charge in [-0.15, -0.1) is 0 Å². The molecule has 9 nitrogen and oxygen atoms in total. The number of carbonyl (C=O) groups is 2. The lowest BCUT2D eigenvalue weighted by molar-refractivity contribution is -0.870. The minimum atomic E-state index is -4.37. The Bertz CT molecular complexity index is 1000. The zero-order chi connectivity index (χ0) is 42.8. The number of hydrogen-bond donors (Lipinski definition) is 1. The first kappa shape index (κ1) is 56.8. The van der Waals surface area contributed by atoms with Crippen molar-refractivity contribution in [1.29, 1.82) is 0 Å². The quantitative estimate of drug-likeness (QED) is 0.0212. The fraction of sp³-hybridized carbons (Fsp3) is 0.917. The van der Waals surface area contributed by atoms with Gasteiger partial charge in [0.15, 0.2) is 6.10 Å². The molecule has 0 bridgehead atoms. The summed E-state index contributed by atoms with van der Waals surface area (Å²) in [5.41, 5.74) is 0. The van der Waals surface area contributed by atoms with Crippen LogP contribution in [0.25, 0.3) is 0 Å². The van der Waals surface area contributed by atoms with Crippen LogP contribution < -0.4 is 0 Å². The lowest BCUT2D eigenvalue weighted by atomic mass is 10.0. The van der Waals surface area contributed by atoms with Crippen LogP contribution >= 0.6 is 7.82 Å². The number of unbranched alkanes of at least 4 members (excludes halogenated alkanes) is 29. The number of carbonyl (C=O) groups excluding carboxylic acids is 2. The smallest absolute Gasteiger partial charge is 0.462 e. The minimum absolute atomic E-state index is 0.0338. The standard InChI is InChI=1S/C48H94NO8P/c1-6-8-10-12-14-16-18-20-22-23-24-25-26-27-29-31-33-35-37-39-41-48(51)57-46(45-56-58(52,53)55-43-42-49(3,4)5)44-54-47(50)40-38-36-34-32-30-28-21-19-17-15-13-11-9-7-2/h19,21,46H,6-18,20,22-45H2,1-5H3/p+1/b21-19+/t46-/m1/s1. The number of rotatable bonds is 45. The van der Waals surface area contributed by atoms with Crippen LogP contribution in [0.3, 0.4) is 0 Å². The average Bonchev–Trinajstić information content (AvgIpc) is 3.17. The van der Waals surface area contributed by atoms with Crippen LogP contribution in [0.5, 0.6) is 0 Å². The normalized spacial score (nSPS) is 13.6. The van der Waals surface area contributed by atoms with Crippen LogP contribution in [0.4, 0.5) is 0 Å². The van der Waals surface area contributed by atoms with Crippen molar-refractivity contribution >= 4 is 19.8 Å². The molecule has 0 spiro atoms. The fourth-order valence-corrected chi connectivity index (χ4v) is 7.69. The largest absolute Gasteiger partial charge is 0.472 e. The molecule has 0 saturated carbocycles. The molecular formula is C48H95NO8P+. The van der Waals surface area contributed by atoms with Crippen molar-refractivity contribution in [1.82, 2.24) is 0 Å². The first-order valence-corrected chi connectivity index (χ1v) is 25.9. The second kappa shape index (κ2) is 41.1. The van der Waals surface area contributed by atoms with E-state index in [9.17, 15) is 19.0 Å². The van der Waals surface area contributed by atoms with Gasteiger partial charge in [-0.2, -0.15) is 0 Å². The maximum atomic E-state index is 12.7. The Morgan fingerprint density at radius 1 is 0.517 bits per heavy atom. The Morgan fingerprint density at radius 3 is 1.28 bits per heavy atom. The Balaban J connectivity index is 4.24. The van der Waals surface area contributed by atoms with E-state index in [0.29, 0.717) is 17.4 Å². The van der Waals surface area contributed by atoms with Crippen LogP contribution in [0, 0.1) is 0 Å². The van der Waals surface area contributed by atoms with E-state index in [1.165, 1.54) is 148 Å². The lowest BCUT2D eigenvalue weighted by Crippen LogP contribution is -2.37. The van der Waals surface area contributed by atoms with E-state index in [1.807, 2.05) is 21.1 Å². The van der Waals surface area contributed by atoms with Crippen LogP contribution in [0.15, 0.2) is 12.2 Å². The number of phosphoric ester groups is 1.